The summed E-state index contributed by atoms with van der Waals surface area (Å²) in [7, 11) is -4.14. The van der Waals surface area contributed by atoms with E-state index in [1.807, 2.05) is 6.07 Å². The van der Waals surface area contributed by atoms with Crippen LogP contribution in [0.2, 0.25) is 0 Å². The number of carbonyl (C=O) groups excluding carboxylic acids is 1. The molecule has 2 aromatic carbocycles. The molecule has 6 nitrogen and oxygen atoms in total. The molecule has 2 rings (SSSR count). The highest BCUT2D eigenvalue weighted by molar-refractivity contribution is 7.89. The Morgan fingerprint density at radius 1 is 1.17 bits per heavy atom. The van der Waals surface area contributed by atoms with Gasteiger partial charge in [0.2, 0.25) is 0 Å². The van der Waals surface area contributed by atoms with Crippen LogP contribution in [0, 0.1) is 18.3 Å². The van der Waals surface area contributed by atoms with E-state index in [0.29, 0.717) is 11.3 Å². The molecule has 0 aromatic heterocycles. The number of carbonyl (C=O) groups is 1. The smallest absolute Gasteiger partial charge is 0.307 e. The van der Waals surface area contributed by atoms with E-state index in [4.69, 9.17) is 0 Å². The van der Waals surface area contributed by atoms with Crippen LogP contribution in [0.25, 0.3) is 0 Å². The Morgan fingerprint density at radius 2 is 1.83 bits per heavy atom. The summed E-state index contributed by atoms with van der Waals surface area (Å²) in [6.07, 6.45) is 0. The van der Waals surface area contributed by atoms with Crippen molar-refractivity contribution in [3.05, 3.63) is 59.7 Å². The first-order valence-corrected chi connectivity index (χ1v) is 8.74. The van der Waals surface area contributed by atoms with Gasteiger partial charge in [0, 0.05) is 12.2 Å². The van der Waals surface area contributed by atoms with Crippen molar-refractivity contribution in [2.45, 2.75) is 18.7 Å². The Hall–Kier alpha value is -2.85. The molecule has 24 heavy (non-hydrogen) atoms. The first-order valence-electron chi connectivity index (χ1n) is 7.30. The quantitative estimate of drug-likeness (QED) is 0.923. The van der Waals surface area contributed by atoms with Crippen LogP contribution in [0.15, 0.2) is 53.4 Å². The number of urea groups is 1. The Kier molecular flexibility index (Phi) is 5.21. The average molecular weight is 343 g/mol. The standard InChI is InChI=1S/C17H17N3O3S/c1-3-20(17(21)19-14-9-5-4-6-10-14)24(22,23)16-11-7-8-13(2)15(16)12-18/h4-11H,3H2,1-2H3,(H,19,21). The molecule has 7 heteroatoms. The van der Waals surface area contributed by atoms with Crippen molar-refractivity contribution in [1.82, 2.24) is 4.31 Å². The van der Waals surface area contributed by atoms with Crippen LogP contribution in [0.3, 0.4) is 0 Å². The molecule has 0 atom stereocenters. The minimum Gasteiger partial charge on any atom is -0.307 e. The molecule has 2 aromatic rings. The number of nitrogens with zero attached hydrogens (tertiary/aromatic N) is 2. The molecule has 0 fully saturated rings. The fraction of sp³-hybridized carbons (Fsp3) is 0.176. The lowest BCUT2D eigenvalue weighted by Gasteiger charge is -2.22. The van der Waals surface area contributed by atoms with E-state index in [1.54, 1.807) is 56.3 Å². The second-order valence-electron chi connectivity index (χ2n) is 5.03. The van der Waals surface area contributed by atoms with E-state index in [2.05, 4.69) is 5.32 Å². The Bertz CT molecular complexity index is 887. The molecule has 0 aliphatic heterocycles. The number of amides is 2. The largest absolute Gasteiger partial charge is 0.335 e. The van der Waals surface area contributed by atoms with Gasteiger partial charge in [-0.05, 0) is 37.6 Å². The average Bonchev–Trinajstić information content (AvgIpc) is 2.55. The van der Waals surface area contributed by atoms with Gasteiger partial charge < -0.3 is 5.32 Å². The minimum atomic E-state index is -4.14. The first-order chi connectivity index (χ1) is 11.4. The van der Waals surface area contributed by atoms with Crippen molar-refractivity contribution in [3.63, 3.8) is 0 Å². The molecule has 124 valence electrons. The number of rotatable bonds is 4. The topological polar surface area (TPSA) is 90.3 Å². The van der Waals surface area contributed by atoms with Gasteiger partial charge in [0.25, 0.3) is 10.0 Å². The highest BCUT2D eigenvalue weighted by Crippen LogP contribution is 2.23. The lowest BCUT2D eigenvalue weighted by Crippen LogP contribution is -2.40. The Balaban J connectivity index is 2.41. The van der Waals surface area contributed by atoms with Crippen molar-refractivity contribution < 1.29 is 13.2 Å². The number of nitrogens with one attached hydrogen (secondary N) is 1. The van der Waals surface area contributed by atoms with E-state index >= 15 is 0 Å². The monoisotopic (exact) mass is 343 g/mol. The molecule has 0 saturated heterocycles. The third-order valence-electron chi connectivity index (χ3n) is 3.45. The number of sulfonamides is 1. The molecule has 0 saturated carbocycles. The van der Waals surface area contributed by atoms with Crippen LogP contribution in [0.5, 0.6) is 0 Å². The summed E-state index contributed by atoms with van der Waals surface area (Å²) in [4.78, 5) is 12.2. The van der Waals surface area contributed by atoms with Crippen LogP contribution in [-0.2, 0) is 10.0 Å². The number of hydrogen-bond donors (Lipinski definition) is 1. The van der Waals surface area contributed by atoms with Gasteiger partial charge in [-0.1, -0.05) is 30.3 Å². The fourth-order valence-corrected chi connectivity index (χ4v) is 3.80. The molecule has 2 amide bonds. The maximum Gasteiger partial charge on any atom is 0.335 e. The summed E-state index contributed by atoms with van der Waals surface area (Å²) >= 11 is 0. The highest BCUT2D eigenvalue weighted by atomic mass is 32.2. The van der Waals surface area contributed by atoms with Gasteiger partial charge in [0.15, 0.2) is 0 Å². The second-order valence-corrected chi connectivity index (χ2v) is 6.86. The van der Waals surface area contributed by atoms with Crippen LogP contribution >= 0.6 is 0 Å². The number of aryl methyl sites for hydroxylation is 1. The molecular weight excluding hydrogens is 326 g/mol. The van der Waals surface area contributed by atoms with E-state index in [1.165, 1.54) is 6.07 Å². The molecule has 0 heterocycles. The normalized spacial score (nSPS) is 10.7. The Morgan fingerprint density at radius 3 is 2.42 bits per heavy atom. The molecule has 1 N–H and O–H groups in total. The van der Waals surface area contributed by atoms with Gasteiger partial charge in [-0.25, -0.2) is 17.5 Å². The molecule has 0 aliphatic rings. The van der Waals surface area contributed by atoms with Gasteiger partial charge in [0.05, 0.1) is 5.56 Å². The molecule has 0 unspecified atom stereocenters. The Labute approximate surface area is 141 Å². The minimum absolute atomic E-state index is 0.0449. The molecular formula is C17H17N3O3S. The predicted molar refractivity (Wildman–Crippen MR) is 90.9 cm³/mol. The fourth-order valence-electron chi connectivity index (χ4n) is 2.25. The van der Waals surface area contributed by atoms with E-state index < -0.39 is 16.1 Å². The molecule has 0 bridgehead atoms. The van der Waals surface area contributed by atoms with Crippen molar-refractivity contribution >= 4 is 21.7 Å². The van der Waals surface area contributed by atoms with Gasteiger partial charge in [-0.15, -0.1) is 0 Å². The van der Waals surface area contributed by atoms with Crippen molar-refractivity contribution in [3.8, 4) is 6.07 Å². The van der Waals surface area contributed by atoms with Crippen LogP contribution in [-0.4, -0.2) is 25.3 Å². The van der Waals surface area contributed by atoms with Gasteiger partial charge >= 0.3 is 6.03 Å². The van der Waals surface area contributed by atoms with Crippen LogP contribution in [0.4, 0.5) is 10.5 Å². The molecule has 0 radical (unpaired) electrons. The first kappa shape index (κ1) is 17.5. The van der Waals surface area contributed by atoms with Crippen LogP contribution in [0.1, 0.15) is 18.1 Å². The number of hydrogen-bond acceptors (Lipinski definition) is 4. The lowest BCUT2D eigenvalue weighted by atomic mass is 10.1. The second kappa shape index (κ2) is 7.15. The number of nitriles is 1. The van der Waals surface area contributed by atoms with Crippen molar-refractivity contribution in [2.75, 3.05) is 11.9 Å². The third-order valence-corrected chi connectivity index (χ3v) is 5.35. The van der Waals surface area contributed by atoms with E-state index in [0.717, 1.165) is 4.31 Å². The lowest BCUT2D eigenvalue weighted by molar-refractivity contribution is 0.237. The van der Waals surface area contributed by atoms with Crippen molar-refractivity contribution in [1.29, 1.82) is 5.26 Å². The third kappa shape index (κ3) is 3.39. The predicted octanol–water partition coefficient (Wildman–Crippen LogP) is 3.11. The summed E-state index contributed by atoms with van der Waals surface area (Å²) < 4.78 is 26.4. The van der Waals surface area contributed by atoms with Gasteiger partial charge in [-0.2, -0.15) is 5.26 Å². The zero-order chi connectivity index (χ0) is 17.7. The van der Waals surface area contributed by atoms with E-state index in [-0.39, 0.29) is 17.0 Å². The molecule has 0 spiro atoms. The summed E-state index contributed by atoms with van der Waals surface area (Å²) in [6.45, 7) is 3.15. The zero-order valence-electron chi connectivity index (χ0n) is 13.4. The highest BCUT2D eigenvalue weighted by Gasteiger charge is 2.30. The van der Waals surface area contributed by atoms with Crippen molar-refractivity contribution in [2.24, 2.45) is 0 Å². The molecule has 0 aliphatic carbocycles. The number of para-hydroxylation sites is 1. The number of benzene rings is 2. The maximum atomic E-state index is 12.8. The summed E-state index contributed by atoms with van der Waals surface area (Å²) in [6, 6.07) is 14.2. The maximum absolute atomic E-state index is 12.8. The summed E-state index contributed by atoms with van der Waals surface area (Å²) in [5.74, 6) is 0. The van der Waals surface area contributed by atoms with Gasteiger partial charge in [0.1, 0.15) is 11.0 Å². The summed E-state index contributed by atoms with van der Waals surface area (Å²) in [5.41, 5.74) is 1.07. The SMILES string of the molecule is CCN(C(=O)Nc1ccccc1)S(=O)(=O)c1cccc(C)c1C#N. The van der Waals surface area contributed by atoms with E-state index in [9.17, 15) is 18.5 Å². The summed E-state index contributed by atoms with van der Waals surface area (Å²) in [5, 5.41) is 11.8. The zero-order valence-corrected chi connectivity index (χ0v) is 14.2. The van der Waals surface area contributed by atoms with Gasteiger partial charge in [-0.3, -0.25) is 0 Å². The van der Waals surface area contributed by atoms with Crippen LogP contribution < -0.4 is 5.32 Å². The number of anilines is 1.